The van der Waals surface area contributed by atoms with Gasteiger partial charge in [-0.05, 0) is 103 Å². The molecule has 3 aliphatic rings. The number of halogens is 2. The summed E-state index contributed by atoms with van der Waals surface area (Å²) in [5.41, 5.74) is 6.16. The van der Waals surface area contributed by atoms with Crippen LogP contribution in [-0.4, -0.2) is 172 Å². The number of hydrogen-bond donors (Lipinski definition) is 7. The molecular weight excluding hydrogens is 1500 g/mol. The van der Waals surface area contributed by atoms with Crippen molar-refractivity contribution in [1.82, 2.24) is 45.5 Å². The first kappa shape index (κ1) is 75.8. The summed E-state index contributed by atoms with van der Waals surface area (Å²) >= 11 is 6.97. The zero-order valence-corrected chi connectivity index (χ0v) is 62.6. The van der Waals surface area contributed by atoms with Crippen LogP contribution in [0, 0.1) is 16.4 Å². The molecular formula is C77H83ClIN12O13S-. The van der Waals surface area contributed by atoms with E-state index in [9.17, 15) is 47.9 Å². The number of rotatable bonds is 31. The van der Waals surface area contributed by atoms with Crippen molar-refractivity contribution in [2.24, 2.45) is 5.92 Å². The average Bonchev–Trinajstić information content (AvgIpc) is 1.57. The van der Waals surface area contributed by atoms with Crippen LogP contribution < -0.4 is 62.2 Å². The van der Waals surface area contributed by atoms with Gasteiger partial charge in [0.25, 0.3) is 11.8 Å². The third-order valence-corrected chi connectivity index (χ3v) is 22.7. The van der Waals surface area contributed by atoms with Crippen LogP contribution in [0.4, 0.5) is 26.7 Å². The molecule has 3 atom stereocenters. The molecule has 3 aliphatic heterocycles. The number of nitrogens with zero attached hydrogens (tertiary/aromatic N) is 5. The molecule has 0 radical (unpaired) electrons. The van der Waals surface area contributed by atoms with Crippen molar-refractivity contribution in [2.45, 2.75) is 81.9 Å². The van der Waals surface area contributed by atoms with Gasteiger partial charge in [-0.25, -0.2) is 9.59 Å². The zero-order valence-electron chi connectivity index (χ0n) is 58.9. The first-order valence-corrected chi connectivity index (χ1v) is 38.1. The van der Waals surface area contributed by atoms with E-state index >= 15 is 0 Å². The number of benzene rings is 5. The van der Waals surface area contributed by atoms with Gasteiger partial charge in [0, 0.05) is 90.2 Å². The molecule has 5 aromatic carbocycles. The Morgan fingerprint density at radius 2 is 1.42 bits per heavy atom. The molecule has 10 amide bonds. The van der Waals surface area contributed by atoms with Gasteiger partial charge in [0.2, 0.25) is 0 Å². The van der Waals surface area contributed by atoms with Crippen molar-refractivity contribution in [1.29, 1.82) is 0 Å². The summed E-state index contributed by atoms with van der Waals surface area (Å²) in [7, 11) is 3.07. The van der Waals surface area contributed by atoms with E-state index in [-0.39, 0.29) is 86.1 Å². The summed E-state index contributed by atoms with van der Waals surface area (Å²) in [6.45, 7) is 17.3. The number of anilines is 3. The normalized spacial score (nSPS) is 14.7. The SMILES string of the molecule is C=C(C(C)C)[C@H](NC(=O)[C@@H](NC(=O)CCCCCN1C(=O)C=CC1=O)[I-]c1ccccc1)C(=O)NCC(=O)Nc1ccc(COC(=O)N(C)CCN(C)C(=O)Oc2cc3c(c4c(C)csc24)[C@H](C(=C)Cl)CN3C(=O)c2cc3cc(NC(=O)c4cc5cc(OCCN6CCCC6)ccc5[nH]4)ccc3[nH]2)cc1. The van der Waals surface area contributed by atoms with Gasteiger partial charge in [0.1, 0.15) is 30.4 Å². The summed E-state index contributed by atoms with van der Waals surface area (Å²) in [6, 6.07) is 30.7. The minimum absolute atomic E-state index is 0.0520. The van der Waals surface area contributed by atoms with E-state index < -0.39 is 73.7 Å². The van der Waals surface area contributed by atoms with Crippen molar-refractivity contribution >= 4 is 131 Å². The summed E-state index contributed by atoms with van der Waals surface area (Å²) in [5, 5.41) is 18.5. The van der Waals surface area contributed by atoms with Crippen molar-refractivity contribution in [3.8, 4) is 11.5 Å². The molecule has 25 nitrogen and oxygen atoms in total. The van der Waals surface area contributed by atoms with Crippen molar-refractivity contribution in [2.75, 3.05) is 88.6 Å². The standard InChI is InChI=1S/C77H83ClIN12O13S/c1-45(2)47(4)69(86-74(98)71(79-52-16-10-8-11-17-52)85-63(92)18-12-9-13-31-90-65(94)27-28-66(90)95)73(97)80-41-64(93)81-53-21-19-49(20-22-53)43-103-76(100)87(6)32-33-88(7)77(101)104-62-40-61-68(67-46(3)44-105-70(62)67)56(48(5)78)42-91(61)75(99)60-39-50-36-54(23-25-57(50)84-60)82-72(96)59-38-51-37-55(24-26-58(51)83-59)102-35-34-89-29-14-15-30-89/h8,10-11,16-17,19-28,36-40,44-45,56,69,71,83-84H,4-5,9,12-15,18,29-35,41-43H2,1-3,6-7H3,(H,80,97)(H,81,93)(H,82,96)(H,85,92)(H,86,98)/q-1/t56-,69-,71+/m0/s1. The number of hydrogen-bond acceptors (Lipinski definition) is 15. The van der Waals surface area contributed by atoms with Gasteiger partial charge in [-0.1, -0.05) is 18.2 Å². The van der Waals surface area contributed by atoms with Crippen LogP contribution in [-0.2, 0) is 40.1 Å². The van der Waals surface area contributed by atoms with Crippen LogP contribution in [0.15, 0.2) is 150 Å². The Kier molecular flexibility index (Phi) is 24.9. The Morgan fingerprint density at radius 3 is 2.13 bits per heavy atom. The average molecular weight is 1580 g/mol. The van der Waals surface area contributed by atoms with E-state index in [0.29, 0.717) is 80.4 Å². The molecule has 7 N–H and O–H groups in total. The van der Waals surface area contributed by atoms with E-state index in [4.69, 9.17) is 25.8 Å². The molecule has 105 heavy (non-hydrogen) atoms. The van der Waals surface area contributed by atoms with E-state index in [1.165, 1.54) is 60.2 Å². The second-order valence-electron chi connectivity index (χ2n) is 26.3. The number of ether oxygens (including phenoxy) is 3. The molecule has 0 unspecified atom stereocenters. The fourth-order valence-corrected chi connectivity index (χ4v) is 16.1. The Labute approximate surface area is 626 Å². The molecule has 1 fully saturated rings. The van der Waals surface area contributed by atoms with Gasteiger partial charge in [0.15, 0.2) is 5.75 Å². The van der Waals surface area contributed by atoms with Gasteiger partial charge in [0.05, 0.1) is 10.4 Å². The quantitative estimate of drug-likeness (QED) is 0.00546. The maximum absolute atomic E-state index is 14.7. The first-order chi connectivity index (χ1) is 50.4. The van der Waals surface area contributed by atoms with Gasteiger partial charge < -0.3 is 44.2 Å². The molecule has 3 aromatic heterocycles. The number of unbranched alkanes of at least 4 members (excludes halogenated alkanes) is 2. The van der Waals surface area contributed by atoms with E-state index in [1.807, 2.05) is 74.7 Å². The Bertz CT molecular complexity index is 4680. The molecule has 1 saturated heterocycles. The van der Waals surface area contributed by atoms with Crippen molar-refractivity contribution < 1.29 is 83.4 Å². The van der Waals surface area contributed by atoms with Crippen LogP contribution in [0.3, 0.4) is 0 Å². The van der Waals surface area contributed by atoms with Crippen LogP contribution in [0.2, 0.25) is 0 Å². The van der Waals surface area contributed by atoms with Gasteiger partial charge in [-0.2, -0.15) is 0 Å². The molecule has 550 valence electrons. The minimum atomic E-state index is -1.25. The molecule has 6 heterocycles. The number of aromatic nitrogens is 2. The summed E-state index contributed by atoms with van der Waals surface area (Å²) < 4.78 is 18.3. The molecule has 0 saturated carbocycles. The number of fused-ring (bicyclic) bond motifs is 5. The number of aromatic amines is 2. The number of aryl methyl sites for hydroxylation is 1. The zero-order chi connectivity index (χ0) is 74.6. The van der Waals surface area contributed by atoms with Crippen molar-refractivity contribution in [3.05, 3.63) is 182 Å². The second-order valence-corrected chi connectivity index (χ2v) is 30.8. The predicted octanol–water partition coefficient (Wildman–Crippen LogP) is 7.73. The maximum atomic E-state index is 14.7. The molecule has 0 spiro atoms. The third kappa shape index (κ3) is 19.0. The summed E-state index contributed by atoms with van der Waals surface area (Å²) in [6.07, 6.45) is 5.12. The third-order valence-electron chi connectivity index (χ3n) is 18.4. The summed E-state index contributed by atoms with van der Waals surface area (Å²) in [5.74, 6) is -3.41. The monoisotopic (exact) mass is 1580 g/mol. The van der Waals surface area contributed by atoms with Crippen LogP contribution >= 0.6 is 22.9 Å². The number of nitrogens with one attached hydrogen (secondary N) is 7. The van der Waals surface area contributed by atoms with Gasteiger partial charge >= 0.3 is 281 Å². The molecule has 28 heteroatoms. The molecule has 0 bridgehead atoms. The van der Waals surface area contributed by atoms with Crippen molar-refractivity contribution in [3.63, 3.8) is 0 Å². The molecule has 0 aliphatic carbocycles. The van der Waals surface area contributed by atoms with Gasteiger partial charge in [-0.15, -0.1) is 11.3 Å². The number of amides is 10. The topological polar surface area (TPSA) is 306 Å². The fraction of sp³-hybridized carbons (Fsp3) is 0.325. The van der Waals surface area contributed by atoms with Gasteiger partial charge in [-0.3, -0.25) is 14.5 Å². The fourth-order valence-electron chi connectivity index (χ4n) is 12.4. The molecule has 8 aromatic rings. The predicted molar refractivity (Wildman–Crippen MR) is 399 cm³/mol. The van der Waals surface area contributed by atoms with E-state index in [0.717, 1.165) is 61.3 Å². The number of alkyl halides is 1. The van der Waals surface area contributed by atoms with E-state index in [1.54, 1.807) is 65.6 Å². The molecule has 11 rings (SSSR count). The Balaban J connectivity index is 0.641. The number of carbonyl (C=O) groups excluding carboxylic acids is 10. The van der Waals surface area contributed by atoms with Crippen LogP contribution in [0.5, 0.6) is 11.5 Å². The van der Waals surface area contributed by atoms with E-state index in [2.05, 4.69) is 54.6 Å². The second kappa shape index (κ2) is 34.5. The Morgan fingerprint density at radius 1 is 0.743 bits per heavy atom. The Hall–Kier alpha value is -10.4. The van der Waals surface area contributed by atoms with Crippen LogP contribution in [0.1, 0.15) is 96.0 Å². The number of H-pyrrole nitrogens is 2. The number of thiophene rings is 1. The number of imide groups is 1. The number of likely N-dealkylation sites (tertiary alicyclic amines) is 1. The number of likely N-dealkylation sites (N-methyl/N-ethyl adjacent to an activating group) is 2. The van der Waals surface area contributed by atoms with Crippen LogP contribution in [0.25, 0.3) is 31.9 Å². The number of carbonyl (C=O) groups is 10. The summed E-state index contributed by atoms with van der Waals surface area (Å²) in [4.78, 5) is 148. The first-order valence-electron chi connectivity index (χ1n) is 34.6.